The van der Waals surface area contributed by atoms with Crippen LogP contribution in [0.3, 0.4) is 0 Å². The monoisotopic (exact) mass is 590 g/mol. The van der Waals surface area contributed by atoms with E-state index in [1.54, 1.807) is 6.07 Å². The topological polar surface area (TPSA) is 0 Å². The standard InChI is InChI=1S/C30H14Cl4F4/c31-21-10-16(30-25(36)5-2-6-26(30)37)7-8-20(21)17-11-24(34)29(27(38)14-17)18-12-22(32)28(23(33)13-18)15-3-1-4-19(35)9-15/h1-14H. The molecule has 0 aliphatic rings. The molecule has 0 fully saturated rings. The van der Waals surface area contributed by atoms with Gasteiger partial charge in [-0.05, 0) is 76.9 Å². The first-order valence-electron chi connectivity index (χ1n) is 11.1. The van der Waals surface area contributed by atoms with Gasteiger partial charge >= 0.3 is 0 Å². The van der Waals surface area contributed by atoms with Gasteiger partial charge in [-0.3, -0.25) is 0 Å². The van der Waals surface area contributed by atoms with Crippen LogP contribution >= 0.6 is 46.4 Å². The van der Waals surface area contributed by atoms with Crippen molar-refractivity contribution < 1.29 is 17.6 Å². The fourth-order valence-corrected chi connectivity index (χ4v) is 5.63. The first kappa shape index (κ1) is 26.6. The molecule has 0 spiro atoms. The Labute approximate surface area is 236 Å². The van der Waals surface area contributed by atoms with Crippen LogP contribution in [0.1, 0.15) is 0 Å². The Bertz CT molecular complexity index is 1650. The zero-order valence-electron chi connectivity index (χ0n) is 19.1. The zero-order chi connectivity index (χ0) is 27.1. The predicted octanol–water partition coefficient (Wildman–Crippen LogP) is 11.5. The van der Waals surface area contributed by atoms with Crippen molar-refractivity contribution in [3.05, 3.63) is 128 Å². The summed E-state index contributed by atoms with van der Waals surface area (Å²) in [6, 6.07) is 19.6. The van der Waals surface area contributed by atoms with Gasteiger partial charge in [-0.25, -0.2) is 17.6 Å². The van der Waals surface area contributed by atoms with E-state index in [1.807, 2.05) is 0 Å². The second kappa shape index (κ2) is 10.6. The quantitative estimate of drug-likeness (QED) is 0.182. The van der Waals surface area contributed by atoms with Gasteiger partial charge < -0.3 is 0 Å². The van der Waals surface area contributed by atoms with Crippen molar-refractivity contribution in [2.45, 2.75) is 0 Å². The van der Waals surface area contributed by atoms with E-state index in [4.69, 9.17) is 46.4 Å². The average molecular weight is 592 g/mol. The summed E-state index contributed by atoms with van der Waals surface area (Å²) in [6.07, 6.45) is 0. The number of hydrogen-bond donors (Lipinski definition) is 0. The summed E-state index contributed by atoms with van der Waals surface area (Å²) in [5.41, 5.74) is 2.06. The Hall–Kier alpha value is -3.02. The summed E-state index contributed by atoms with van der Waals surface area (Å²) in [5, 5.41) is 0.596. The van der Waals surface area contributed by atoms with E-state index in [-0.39, 0.29) is 36.8 Å². The van der Waals surface area contributed by atoms with Gasteiger partial charge in [0.15, 0.2) is 0 Å². The molecule has 0 radical (unpaired) electrons. The van der Waals surface area contributed by atoms with Gasteiger partial charge in [-0.1, -0.05) is 76.7 Å². The molecule has 0 bridgehead atoms. The molecule has 190 valence electrons. The molecule has 0 aliphatic carbocycles. The van der Waals surface area contributed by atoms with Crippen LogP contribution < -0.4 is 0 Å². The molecule has 0 aliphatic heterocycles. The Morgan fingerprint density at radius 1 is 0.395 bits per heavy atom. The maximum Gasteiger partial charge on any atom is 0.133 e. The van der Waals surface area contributed by atoms with E-state index < -0.39 is 23.3 Å². The molecule has 0 aromatic heterocycles. The van der Waals surface area contributed by atoms with Crippen LogP contribution in [0.4, 0.5) is 17.6 Å². The minimum atomic E-state index is -0.729. The van der Waals surface area contributed by atoms with Gasteiger partial charge in [0.1, 0.15) is 23.3 Å². The molecule has 0 saturated heterocycles. The molecule has 0 amide bonds. The van der Waals surface area contributed by atoms with Gasteiger partial charge in [0.05, 0.1) is 20.6 Å². The molecule has 0 saturated carbocycles. The molecular formula is C30H14Cl4F4. The summed E-state index contributed by atoms with van der Waals surface area (Å²) in [4.78, 5) is 0. The number of benzene rings is 5. The van der Waals surface area contributed by atoms with Gasteiger partial charge in [0.25, 0.3) is 0 Å². The van der Waals surface area contributed by atoms with Gasteiger partial charge in [0.2, 0.25) is 0 Å². The van der Waals surface area contributed by atoms with E-state index in [0.717, 1.165) is 12.1 Å². The third-order valence-electron chi connectivity index (χ3n) is 6.02. The lowest BCUT2D eigenvalue weighted by molar-refractivity contribution is 0.589. The van der Waals surface area contributed by atoms with E-state index in [1.165, 1.54) is 66.7 Å². The summed E-state index contributed by atoms with van der Waals surface area (Å²) >= 11 is 25.9. The molecule has 0 N–H and O–H groups in total. The number of rotatable bonds is 4. The first-order chi connectivity index (χ1) is 18.1. The van der Waals surface area contributed by atoms with Crippen LogP contribution in [0.2, 0.25) is 20.1 Å². The lowest BCUT2D eigenvalue weighted by Gasteiger charge is -2.14. The molecule has 5 rings (SSSR count). The maximum atomic E-state index is 15.4. The lowest BCUT2D eigenvalue weighted by atomic mass is 9.96. The van der Waals surface area contributed by atoms with E-state index in [9.17, 15) is 13.2 Å². The predicted molar refractivity (Wildman–Crippen MR) is 148 cm³/mol. The highest BCUT2D eigenvalue weighted by atomic mass is 35.5. The normalized spacial score (nSPS) is 11.2. The van der Waals surface area contributed by atoms with Crippen molar-refractivity contribution in [1.82, 2.24) is 0 Å². The second-order valence-corrected chi connectivity index (χ2v) is 10.1. The molecule has 5 aromatic rings. The van der Waals surface area contributed by atoms with Crippen LogP contribution in [0.25, 0.3) is 44.5 Å². The summed E-state index contributed by atoms with van der Waals surface area (Å²) in [5.74, 6) is -2.58. The molecule has 5 aromatic carbocycles. The maximum absolute atomic E-state index is 15.4. The third-order valence-corrected chi connectivity index (χ3v) is 7.22. The fraction of sp³-hybridized carbons (Fsp3) is 0. The van der Waals surface area contributed by atoms with Crippen molar-refractivity contribution in [3.8, 4) is 44.5 Å². The lowest BCUT2D eigenvalue weighted by Crippen LogP contribution is -1.93. The largest absolute Gasteiger partial charge is 0.207 e. The van der Waals surface area contributed by atoms with Crippen molar-refractivity contribution in [2.24, 2.45) is 0 Å². The van der Waals surface area contributed by atoms with Crippen LogP contribution in [-0.4, -0.2) is 0 Å². The third kappa shape index (κ3) is 5.02. The zero-order valence-corrected chi connectivity index (χ0v) is 22.1. The van der Waals surface area contributed by atoms with Crippen LogP contribution in [0, 0.1) is 23.3 Å². The number of halogens is 8. The fourth-order valence-electron chi connectivity index (χ4n) is 4.32. The Kier molecular flexibility index (Phi) is 7.43. The van der Waals surface area contributed by atoms with E-state index >= 15 is 4.39 Å². The summed E-state index contributed by atoms with van der Waals surface area (Å²) in [7, 11) is 0. The van der Waals surface area contributed by atoms with Crippen molar-refractivity contribution >= 4 is 46.4 Å². The summed E-state index contributed by atoms with van der Waals surface area (Å²) in [6.45, 7) is 0. The van der Waals surface area contributed by atoms with Crippen molar-refractivity contribution in [2.75, 3.05) is 0 Å². The molecule has 0 unspecified atom stereocenters. The van der Waals surface area contributed by atoms with Crippen LogP contribution in [-0.2, 0) is 0 Å². The number of hydrogen-bond acceptors (Lipinski definition) is 0. The second-order valence-electron chi connectivity index (χ2n) is 8.43. The molecule has 38 heavy (non-hydrogen) atoms. The van der Waals surface area contributed by atoms with Crippen molar-refractivity contribution in [1.29, 1.82) is 0 Å². The van der Waals surface area contributed by atoms with Gasteiger partial charge in [-0.2, -0.15) is 0 Å². The highest BCUT2D eigenvalue weighted by Crippen LogP contribution is 2.43. The molecule has 0 nitrogen and oxygen atoms in total. The Morgan fingerprint density at radius 2 is 0.947 bits per heavy atom. The SMILES string of the molecule is Fc1cccc(-c2c(Cl)cc(-c3c(F)cc(-c4ccc(-c5c(F)cccc5F)cc4Cl)cc3Cl)cc2Cl)c1. The first-order valence-corrected chi connectivity index (χ1v) is 12.6. The molecule has 0 atom stereocenters. The van der Waals surface area contributed by atoms with Crippen molar-refractivity contribution in [3.63, 3.8) is 0 Å². The molecule has 0 heterocycles. The van der Waals surface area contributed by atoms with E-state index in [2.05, 4.69) is 0 Å². The van der Waals surface area contributed by atoms with Crippen LogP contribution in [0.15, 0.2) is 84.9 Å². The minimum absolute atomic E-state index is 0.0610. The molecular weight excluding hydrogens is 578 g/mol. The highest BCUT2D eigenvalue weighted by Gasteiger charge is 2.19. The van der Waals surface area contributed by atoms with Gasteiger partial charge in [-0.15, -0.1) is 0 Å². The Morgan fingerprint density at radius 3 is 1.55 bits per heavy atom. The minimum Gasteiger partial charge on any atom is -0.207 e. The van der Waals surface area contributed by atoms with Crippen LogP contribution in [0.5, 0.6) is 0 Å². The smallest absolute Gasteiger partial charge is 0.133 e. The average Bonchev–Trinajstić information content (AvgIpc) is 2.83. The van der Waals surface area contributed by atoms with E-state index in [0.29, 0.717) is 27.8 Å². The Balaban J connectivity index is 1.54. The summed E-state index contributed by atoms with van der Waals surface area (Å²) < 4.78 is 57.6. The molecule has 8 heteroatoms. The highest BCUT2D eigenvalue weighted by molar-refractivity contribution is 6.40. The van der Waals surface area contributed by atoms with Gasteiger partial charge in [0, 0.05) is 21.7 Å².